The Kier molecular flexibility index (Phi) is 9.31. The summed E-state index contributed by atoms with van der Waals surface area (Å²) < 4.78 is 1.12. The van der Waals surface area contributed by atoms with Crippen molar-refractivity contribution in [1.29, 1.82) is 0 Å². The molecule has 80 valence electrons. The van der Waals surface area contributed by atoms with Crippen LogP contribution in [0, 0.1) is 5.92 Å². The summed E-state index contributed by atoms with van der Waals surface area (Å²) in [7, 11) is 0. The van der Waals surface area contributed by atoms with E-state index < -0.39 is 11.9 Å². The molecule has 0 saturated heterocycles. The first-order chi connectivity index (χ1) is 6.20. The quantitative estimate of drug-likeness (QED) is 0.685. The number of carboxylic acids is 2. The zero-order valence-electron chi connectivity index (χ0n) is 8.10. The van der Waals surface area contributed by atoms with Crippen molar-refractivity contribution >= 4 is 51.9 Å². The van der Waals surface area contributed by atoms with Crippen LogP contribution in [-0.2, 0) is 9.59 Å². The Bertz CT molecular complexity index is 234. The molecule has 0 aliphatic heterocycles. The first kappa shape index (κ1) is 16.2. The van der Waals surface area contributed by atoms with Crippen LogP contribution in [0.5, 0.6) is 0 Å². The van der Waals surface area contributed by atoms with Gasteiger partial charge in [0, 0.05) is 0 Å². The van der Waals surface area contributed by atoms with Gasteiger partial charge in [-0.3, -0.25) is 0 Å². The first-order valence-corrected chi connectivity index (χ1v) is 5.38. The zero-order valence-corrected chi connectivity index (χ0v) is 11.5. The molecule has 0 aromatic rings. The van der Waals surface area contributed by atoms with Crippen molar-refractivity contribution in [1.82, 2.24) is 0 Å². The topological polar surface area (TPSA) is 74.6 Å². The van der Waals surface area contributed by atoms with Gasteiger partial charge in [0.2, 0.25) is 0 Å². The van der Waals surface area contributed by atoms with E-state index in [0.717, 1.165) is 4.42 Å². The number of hydrogen-bond acceptors (Lipinski definition) is 2. The van der Waals surface area contributed by atoms with Crippen molar-refractivity contribution in [2.45, 2.75) is 20.8 Å². The number of hydrogen-bond donors (Lipinski definition) is 2. The van der Waals surface area contributed by atoms with Gasteiger partial charge in [-0.2, -0.15) is 0 Å². The summed E-state index contributed by atoms with van der Waals surface area (Å²) in [5, 5.41) is 16.2. The predicted octanol–water partition coefficient (Wildman–Crippen LogP) is -0.500. The van der Waals surface area contributed by atoms with Crippen LogP contribution >= 0.6 is 0 Å². The molecule has 0 amide bonds. The molecule has 1 atom stereocenters. The predicted molar refractivity (Wildman–Crippen MR) is 57.3 cm³/mol. The molecular formula is C8H12O4Se2. The SMILES string of the molecule is CC(=[Se])C(=O)O.CC(=[Se])C(C)C(=O)O. The minimum absolute atomic E-state index is 0.301. The van der Waals surface area contributed by atoms with Gasteiger partial charge >= 0.3 is 98.4 Å². The summed E-state index contributed by atoms with van der Waals surface area (Å²) >= 11 is 5.01. The van der Waals surface area contributed by atoms with Gasteiger partial charge in [0.1, 0.15) is 0 Å². The van der Waals surface area contributed by atoms with Crippen LogP contribution in [0.25, 0.3) is 0 Å². The molecule has 0 fully saturated rings. The molecule has 0 heterocycles. The summed E-state index contributed by atoms with van der Waals surface area (Å²) in [6.07, 6.45) is 0. The normalized spacial score (nSPS) is 10.5. The Morgan fingerprint density at radius 3 is 1.43 bits per heavy atom. The van der Waals surface area contributed by atoms with E-state index >= 15 is 0 Å². The molecule has 0 radical (unpaired) electrons. The van der Waals surface area contributed by atoms with Gasteiger partial charge in [-0.05, 0) is 0 Å². The molecule has 0 aliphatic carbocycles. The van der Waals surface area contributed by atoms with Crippen LogP contribution in [0.2, 0.25) is 0 Å². The molecule has 1 unspecified atom stereocenters. The molecule has 14 heavy (non-hydrogen) atoms. The van der Waals surface area contributed by atoms with E-state index in [1.807, 2.05) is 0 Å². The molecule has 0 rings (SSSR count). The second-order valence-electron chi connectivity index (χ2n) is 2.53. The van der Waals surface area contributed by atoms with Gasteiger partial charge in [-0.1, -0.05) is 0 Å². The number of carboxylic acid groups (broad SMARTS) is 2. The summed E-state index contributed by atoms with van der Waals surface area (Å²) in [6, 6.07) is 0. The van der Waals surface area contributed by atoms with Gasteiger partial charge in [-0.15, -0.1) is 0 Å². The molecule has 0 saturated carbocycles. The Morgan fingerprint density at radius 2 is 1.43 bits per heavy atom. The van der Waals surface area contributed by atoms with Gasteiger partial charge in [0.15, 0.2) is 0 Å². The fraction of sp³-hybridized carbons (Fsp3) is 0.500. The van der Waals surface area contributed by atoms with Crippen LogP contribution in [0.15, 0.2) is 0 Å². The summed E-state index contributed by atoms with van der Waals surface area (Å²) in [4.78, 5) is 19.7. The monoisotopic (exact) mass is 332 g/mol. The molecule has 0 aromatic carbocycles. The number of carbonyl (C=O) groups is 2. The fourth-order valence-electron chi connectivity index (χ4n) is 0.174. The molecule has 0 spiro atoms. The minimum atomic E-state index is -0.880. The third-order valence-electron chi connectivity index (χ3n) is 1.28. The molecule has 0 bridgehead atoms. The third-order valence-corrected chi connectivity index (χ3v) is 2.39. The Balaban J connectivity index is 0. The van der Waals surface area contributed by atoms with Crippen molar-refractivity contribution < 1.29 is 19.8 Å². The molecular weight excluding hydrogens is 318 g/mol. The Labute approximate surface area is 98.4 Å². The van der Waals surface area contributed by atoms with Gasteiger partial charge in [0.05, 0.1) is 0 Å². The van der Waals surface area contributed by atoms with Gasteiger partial charge < -0.3 is 0 Å². The van der Waals surface area contributed by atoms with E-state index in [4.69, 9.17) is 10.2 Å². The average Bonchev–Trinajstić information content (AvgIpc) is 2.03. The maximum atomic E-state index is 10.1. The summed E-state index contributed by atoms with van der Waals surface area (Å²) in [5.41, 5.74) is 0. The van der Waals surface area contributed by atoms with Crippen LogP contribution in [0.1, 0.15) is 20.8 Å². The Morgan fingerprint density at radius 1 is 1.14 bits per heavy atom. The molecule has 6 heteroatoms. The van der Waals surface area contributed by atoms with Crippen molar-refractivity contribution in [3.8, 4) is 0 Å². The van der Waals surface area contributed by atoms with Crippen molar-refractivity contribution in [3.05, 3.63) is 0 Å². The van der Waals surface area contributed by atoms with Crippen molar-refractivity contribution in [2.75, 3.05) is 0 Å². The third kappa shape index (κ3) is 9.80. The van der Waals surface area contributed by atoms with Crippen molar-refractivity contribution in [3.63, 3.8) is 0 Å². The van der Waals surface area contributed by atoms with Gasteiger partial charge in [-0.25, -0.2) is 0 Å². The molecule has 0 aliphatic rings. The molecule has 2 N–H and O–H groups in total. The standard InChI is InChI=1S/C5H8O2Se.C3H4O2Se/c1-3(4(2)8)5(6)7;1-2(6)3(4)5/h3H,1-2H3,(H,6,7);1H3,(H,4,5). The summed E-state index contributed by atoms with van der Waals surface area (Å²) in [6.45, 7) is 4.91. The average molecular weight is 330 g/mol. The fourth-order valence-corrected chi connectivity index (χ4v) is 0.385. The van der Waals surface area contributed by atoms with E-state index in [-0.39, 0.29) is 5.92 Å². The number of aliphatic carboxylic acids is 2. The number of rotatable bonds is 3. The van der Waals surface area contributed by atoms with Crippen LogP contribution in [0.4, 0.5) is 0 Å². The van der Waals surface area contributed by atoms with Crippen LogP contribution in [0.3, 0.4) is 0 Å². The van der Waals surface area contributed by atoms with Crippen molar-refractivity contribution in [2.24, 2.45) is 5.92 Å². The van der Waals surface area contributed by atoms with E-state index in [2.05, 4.69) is 31.2 Å². The molecule has 4 nitrogen and oxygen atoms in total. The Hall–Kier alpha value is -0.281. The van der Waals surface area contributed by atoms with E-state index in [1.165, 1.54) is 6.92 Å². The zero-order chi connectivity index (χ0) is 11.9. The second-order valence-corrected chi connectivity index (χ2v) is 5.17. The van der Waals surface area contributed by atoms with E-state index in [0.29, 0.717) is 4.42 Å². The van der Waals surface area contributed by atoms with Gasteiger partial charge in [0.25, 0.3) is 0 Å². The first-order valence-electron chi connectivity index (χ1n) is 3.67. The van der Waals surface area contributed by atoms with E-state index in [1.54, 1.807) is 13.8 Å². The van der Waals surface area contributed by atoms with E-state index in [9.17, 15) is 9.59 Å². The maximum absolute atomic E-state index is 10.1. The van der Waals surface area contributed by atoms with Crippen LogP contribution in [-0.4, -0.2) is 62.1 Å². The second kappa shape index (κ2) is 8.06. The summed E-state index contributed by atoms with van der Waals surface area (Å²) in [5.74, 6) is -2.01. The molecule has 0 aromatic heterocycles. The van der Waals surface area contributed by atoms with Crippen LogP contribution < -0.4 is 0 Å².